The van der Waals surface area contributed by atoms with E-state index in [-0.39, 0.29) is 24.0 Å². The Morgan fingerprint density at radius 3 is 2.68 bits per heavy atom. The number of hydrogen-bond acceptors (Lipinski definition) is 4. The van der Waals surface area contributed by atoms with Crippen molar-refractivity contribution in [2.75, 3.05) is 6.54 Å². The molecule has 0 bridgehead atoms. The molecule has 3 heterocycles. The van der Waals surface area contributed by atoms with Crippen LogP contribution in [0, 0.1) is 0 Å². The van der Waals surface area contributed by atoms with Gasteiger partial charge in [0.15, 0.2) is 5.82 Å². The number of aryl methyl sites for hydroxylation is 2. The SMILES string of the molecule is CCc1nc2n(n1)CCC[C@@H]2N[C@H]1CCCN(C(C)C)C1=O. The number of aromatic nitrogens is 3. The summed E-state index contributed by atoms with van der Waals surface area (Å²) in [5.74, 6) is 2.16. The number of nitrogens with one attached hydrogen (secondary N) is 1. The fraction of sp³-hybridized carbons (Fsp3) is 0.812. The maximum atomic E-state index is 12.6. The largest absolute Gasteiger partial charge is 0.339 e. The maximum absolute atomic E-state index is 12.6. The van der Waals surface area contributed by atoms with Crippen LogP contribution in [-0.4, -0.2) is 44.2 Å². The topological polar surface area (TPSA) is 63.1 Å². The van der Waals surface area contributed by atoms with Crippen molar-refractivity contribution in [2.45, 2.75) is 77.5 Å². The minimum Gasteiger partial charge on any atom is -0.339 e. The third-order valence-electron chi connectivity index (χ3n) is 4.73. The predicted octanol–water partition coefficient (Wildman–Crippen LogP) is 1.66. The number of likely N-dealkylation sites (tertiary alicyclic amines) is 1. The number of carbonyl (C=O) groups is 1. The molecule has 2 aliphatic heterocycles. The van der Waals surface area contributed by atoms with Crippen molar-refractivity contribution < 1.29 is 4.79 Å². The average molecular weight is 305 g/mol. The Bertz CT molecular complexity index is 539. The minimum absolute atomic E-state index is 0.0746. The van der Waals surface area contributed by atoms with Gasteiger partial charge in [0.1, 0.15) is 5.82 Å². The van der Waals surface area contributed by atoms with E-state index in [0.29, 0.717) is 0 Å². The standard InChI is InChI=1S/C16H27N5O/c1-4-14-18-15-12(7-6-10-21(15)19-14)17-13-8-5-9-20(11(2)3)16(13)22/h11-13,17H,4-10H2,1-3H3/t12-,13-/m0/s1. The number of rotatable bonds is 4. The number of hydrogen-bond donors (Lipinski definition) is 1. The van der Waals surface area contributed by atoms with E-state index in [9.17, 15) is 4.79 Å². The Balaban J connectivity index is 1.74. The first-order valence-corrected chi connectivity index (χ1v) is 8.60. The molecule has 0 radical (unpaired) electrons. The van der Waals surface area contributed by atoms with E-state index in [0.717, 1.165) is 56.8 Å². The highest BCUT2D eigenvalue weighted by atomic mass is 16.2. The van der Waals surface area contributed by atoms with Gasteiger partial charge in [-0.15, -0.1) is 0 Å². The quantitative estimate of drug-likeness (QED) is 0.919. The van der Waals surface area contributed by atoms with Gasteiger partial charge >= 0.3 is 0 Å². The summed E-state index contributed by atoms with van der Waals surface area (Å²) in [5, 5.41) is 8.12. The summed E-state index contributed by atoms with van der Waals surface area (Å²) in [6.07, 6.45) is 4.98. The Hall–Kier alpha value is -1.43. The Labute approximate surface area is 132 Å². The van der Waals surface area contributed by atoms with Crippen LogP contribution in [0.4, 0.5) is 0 Å². The highest BCUT2D eigenvalue weighted by molar-refractivity contribution is 5.82. The smallest absolute Gasteiger partial charge is 0.239 e. The van der Waals surface area contributed by atoms with Crippen molar-refractivity contribution in [3.8, 4) is 0 Å². The van der Waals surface area contributed by atoms with Crippen LogP contribution in [0.15, 0.2) is 0 Å². The van der Waals surface area contributed by atoms with Crippen LogP contribution >= 0.6 is 0 Å². The fourth-order valence-electron chi connectivity index (χ4n) is 3.52. The third kappa shape index (κ3) is 2.89. The number of carbonyl (C=O) groups excluding carboxylic acids is 1. The Kier molecular flexibility index (Phi) is 4.47. The summed E-state index contributed by atoms with van der Waals surface area (Å²) in [7, 11) is 0. The van der Waals surface area contributed by atoms with Crippen LogP contribution in [0.1, 0.15) is 64.1 Å². The van der Waals surface area contributed by atoms with Gasteiger partial charge in [0.2, 0.25) is 5.91 Å². The second-order valence-corrected chi connectivity index (χ2v) is 6.64. The highest BCUT2D eigenvalue weighted by Crippen LogP contribution is 2.26. The van der Waals surface area contributed by atoms with E-state index in [4.69, 9.17) is 0 Å². The zero-order valence-electron chi connectivity index (χ0n) is 13.9. The molecule has 2 atom stereocenters. The molecule has 0 unspecified atom stereocenters. The van der Waals surface area contributed by atoms with E-state index >= 15 is 0 Å². The molecule has 3 rings (SSSR count). The van der Waals surface area contributed by atoms with Crippen LogP contribution in [-0.2, 0) is 17.8 Å². The third-order valence-corrected chi connectivity index (χ3v) is 4.73. The molecule has 1 aromatic rings. The van der Waals surface area contributed by atoms with E-state index in [1.54, 1.807) is 0 Å². The summed E-state index contributed by atoms with van der Waals surface area (Å²) in [6, 6.07) is 0.357. The normalized spacial score (nSPS) is 25.6. The van der Waals surface area contributed by atoms with Gasteiger partial charge in [-0.05, 0) is 39.5 Å². The van der Waals surface area contributed by atoms with Gasteiger partial charge in [-0.2, -0.15) is 5.10 Å². The fourth-order valence-corrected chi connectivity index (χ4v) is 3.52. The summed E-state index contributed by atoms with van der Waals surface area (Å²) < 4.78 is 2.02. The molecule has 1 N–H and O–H groups in total. The maximum Gasteiger partial charge on any atom is 0.239 e. The Morgan fingerprint density at radius 1 is 1.23 bits per heavy atom. The lowest BCUT2D eigenvalue weighted by Crippen LogP contribution is -2.54. The lowest BCUT2D eigenvalue weighted by atomic mass is 10.00. The van der Waals surface area contributed by atoms with Crippen molar-refractivity contribution >= 4 is 5.91 Å². The molecule has 2 aliphatic rings. The molecule has 1 fully saturated rings. The molecule has 6 heteroatoms. The number of fused-ring (bicyclic) bond motifs is 1. The van der Waals surface area contributed by atoms with Gasteiger partial charge in [-0.25, -0.2) is 9.67 Å². The van der Waals surface area contributed by atoms with Crippen molar-refractivity contribution in [1.29, 1.82) is 0 Å². The molecule has 0 spiro atoms. The number of amides is 1. The summed E-state index contributed by atoms with van der Waals surface area (Å²) in [6.45, 7) is 8.08. The van der Waals surface area contributed by atoms with E-state index < -0.39 is 0 Å². The van der Waals surface area contributed by atoms with Gasteiger partial charge in [0, 0.05) is 25.6 Å². The molecular formula is C16H27N5O. The molecule has 122 valence electrons. The van der Waals surface area contributed by atoms with Crippen LogP contribution in [0.25, 0.3) is 0 Å². The first-order valence-electron chi connectivity index (χ1n) is 8.60. The predicted molar refractivity (Wildman–Crippen MR) is 84.4 cm³/mol. The van der Waals surface area contributed by atoms with Gasteiger partial charge in [0.05, 0.1) is 12.1 Å². The summed E-state index contributed by atoms with van der Waals surface area (Å²) in [4.78, 5) is 19.3. The van der Waals surface area contributed by atoms with E-state index in [2.05, 4.69) is 36.2 Å². The molecule has 0 aliphatic carbocycles. The van der Waals surface area contributed by atoms with Crippen molar-refractivity contribution in [3.05, 3.63) is 11.6 Å². The number of piperidine rings is 1. The first kappa shape index (κ1) is 15.5. The zero-order valence-corrected chi connectivity index (χ0v) is 13.9. The van der Waals surface area contributed by atoms with Gasteiger partial charge < -0.3 is 4.90 Å². The minimum atomic E-state index is -0.0746. The van der Waals surface area contributed by atoms with E-state index in [1.807, 2.05) is 9.58 Å². The molecule has 1 saturated heterocycles. The van der Waals surface area contributed by atoms with Crippen LogP contribution in [0.2, 0.25) is 0 Å². The monoisotopic (exact) mass is 305 g/mol. The molecule has 0 aromatic carbocycles. The van der Waals surface area contributed by atoms with Crippen molar-refractivity contribution in [3.63, 3.8) is 0 Å². The molecule has 6 nitrogen and oxygen atoms in total. The summed E-state index contributed by atoms with van der Waals surface area (Å²) >= 11 is 0. The first-order chi connectivity index (χ1) is 10.6. The second kappa shape index (κ2) is 6.36. The lowest BCUT2D eigenvalue weighted by molar-refractivity contribution is -0.138. The van der Waals surface area contributed by atoms with Crippen LogP contribution in [0.5, 0.6) is 0 Å². The highest BCUT2D eigenvalue weighted by Gasteiger charge is 2.34. The molecule has 22 heavy (non-hydrogen) atoms. The van der Waals surface area contributed by atoms with Gasteiger partial charge in [-0.3, -0.25) is 10.1 Å². The van der Waals surface area contributed by atoms with Crippen molar-refractivity contribution in [1.82, 2.24) is 25.0 Å². The van der Waals surface area contributed by atoms with Crippen LogP contribution < -0.4 is 5.32 Å². The van der Waals surface area contributed by atoms with Gasteiger partial charge in [0.25, 0.3) is 0 Å². The lowest BCUT2D eigenvalue weighted by Gasteiger charge is -2.37. The van der Waals surface area contributed by atoms with Crippen molar-refractivity contribution in [2.24, 2.45) is 0 Å². The zero-order chi connectivity index (χ0) is 15.7. The second-order valence-electron chi connectivity index (χ2n) is 6.64. The van der Waals surface area contributed by atoms with Gasteiger partial charge in [-0.1, -0.05) is 6.92 Å². The number of nitrogens with zero attached hydrogens (tertiary/aromatic N) is 4. The molecule has 1 amide bonds. The molecule has 1 aromatic heterocycles. The van der Waals surface area contributed by atoms with Crippen LogP contribution in [0.3, 0.4) is 0 Å². The summed E-state index contributed by atoms with van der Waals surface area (Å²) in [5.41, 5.74) is 0. The average Bonchev–Trinajstić information content (AvgIpc) is 2.93. The molecule has 0 saturated carbocycles. The molecular weight excluding hydrogens is 278 g/mol. The Morgan fingerprint density at radius 2 is 1.95 bits per heavy atom. The van der Waals surface area contributed by atoms with E-state index in [1.165, 1.54) is 0 Å².